The first-order chi connectivity index (χ1) is 13.5. The molecule has 0 aliphatic rings. The second-order valence-electron chi connectivity index (χ2n) is 6.06. The van der Waals surface area contributed by atoms with E-state index in [1.807, 2.05) is 6.07 Å². The maximum absolute atomic E-state index is 12.7. The van der Waals surface area contributed by atoms with Crippen molar-refractivity contribution in [2.75, 3.05) is 7.11 Å². The highest BCUT2D eigenvalue weighted by atomic mass is 16.5. The van der Waals surface area contributed by atoms with E-state index >= 15 is 0 Å². The van der Waals surface area contributed by atoms with Crippen LogP contribution in [0.2, 0.25) is 0 Å². The lowest BCUT2D eigenvalue weighted by Gasteiger charge is -2.12. The molecule has 0 saturated carbocycles. The number of carbonyl (C=O) groups excluding carboxylic acids is 2. The number of methoxy groups -OCH3 is 1. The maximum Gasteiger partial charge on any atom is 0.343 e. The molecule has 0 spiro atoms. The van der Waals surface area contributed by atoms with Crippen molar-refractivity contribution in [1.82, 2.24) is 4.57 Å². The number of ether oxygens (including phenoxy) is 2. The van der Waals surface area contributed by atoms with Gasteiger partial charge in [0.2, 0.25) is 11.7 Å². The largest absolute Gasteiger partial charge is 0.497 e. The Morgan fingerprint density at radius 1 is 1.18 bits per heavy atom. The van der Waals surface area contributed by atoms with Crippen LogP contribution in [0.15, 0.2) is 53.2 Å². The second kappa shape index (κ2) is 7.84. The van der Waals surface area contributed by atoms with Crippen molar-refractivity contribution in [2.24, 2.45) is 0 Å². The Labute approximate surface area is 161 Å². The lowest BCUT2D eigenvalue weighted by atomic mass is 10.1. The summed E-state index contributed by atoms with van der Waals surface area (Å²) in [6, 6.07) is 12.0. The monoisotopic (exact) mass is 378 g/mol. The molecular weight excluding hydrogens is 360 g/mol. The van der Waals surface area contributed by atoms with Gasteiger partial charge in [-0.1, -0.05) is 0 Å². The zero-order chi connectivity index (χ0) is 20.3. The Hall–Kier alpha value is -3.79. The van der Waals surface area contributed by atoms with Crippen molar-refractivity contribution >= 4 is 11.8 Å². The van der Waals surface area contributed by atoms with Crippen LogP contribution in [0.4, 0.5) is 0 Å². The molecule has 2 aromatic heterocycles. The van der Waals surface area contributed by atoms with Crippen molar-refractivity contribution in [3.63, 3.8) is 0 Å². The molecule has 3 rings (SSSR count). The van der Waals surface area contributed by atoms with Crippen molar-refractivity contribution in [1.29, 1.82) is 5.26 Å². The molecule has 0 aliphatic carbocycles. The van der Waals surface area contributed by atoms with E-state index in [4.69, 9.17) is 13.9 Å². The number of rotatable bonds is 6. The summed E-state index contributed by atoms with van der Waals surface area (Å²) in [4.78, 5) is 25.2. The minimum atomic E-state index is -1.03. The molecule has 1 aromatic carbocycles. The number of hydrogen-bond donors (Lipinski definition) is 0. The fourth-order valence-corrected chi connectivity index (χ4v) is 2.79. The topological polar surface area (TPSA) is 94.5 Å². The molecule has 142 valence electrons. The van der Waals surface area contributed by atoms with Gasteiger partial charge in [-0.2, -0.15) is 5.26 Å². The number of furan rings is 1. The van der Waals surface area contributed by atoms with Gasteiger partial charge in [0, 0.05) is 18.0 Å². The number of nitriles is 1. The van der Waals surface area contributed by atoms with Crippen LogP contribution in [0.25, 0.3) is 5.88 Å². The lowest BCUT2D eigenvalue weighted by molar-refractivity contribution is 0.0317. The highest BCUT2D eigenvalue weighted by molar-refractivity contribution is 6.02. The van der Waals surface area contributed by atoms with Crippen LogP contribution in [-0.4, -0.2) is 29.5 Å². The molecule has 1 atom stereocenters. The number of hydrogen-bond acceptors (Lipinski definition) is 6. The minimum absolute atomic E-state index is 0.0144. The average molecular weight is 378 g/mol. The average Bonchev–Trinajstić information content (AvgIpc) is 3.34. The molecule has 7 nitrogen and oxygen atoms in total. The van der Waals surface area contributed by atoms with Gasteiger partial charge in [-0.3, -0.25) is 9.36 Å². The summed E-state index contributed by atoms with van der Waals surface area (Å²) in [5.41, 5.74) is 0.460. The number of ketones is 1. The zero-order valence-corrected chi connectivity index (χ0v) is 15.6. The Balaban J connectivity index is 1.82. The zero-order valence-electron chi connectivity index (χ0n) is 15.6. The van der Waals surface area contributed by atoms with E-state index in [1.54, 1.807) is 60.3 Å². The Morgan fingerprint density at radius 2 is 1.82 bits per heavy atom. The first-order valence-electron chi connectivity index (χ1n) is 8.52. The Bertz CT molecular complexity index is 1040. The molecule has 0 radical (unpaired) electrons. The van der Waals surface area contributed by atoms with Gasteiger partial charge in [-0.15, -0.1) is 0 Å². The van der Waals surface area contributed by atoms with E-state index in [0.29, 0.717) is 11.3 Å². The molecule has 3 aromatic rings. The summed E-state index contributed by atoms with van der Waals surface area (Å²) in [6.45, 7) is 3.05. The van der Waals surface area contributed by atoms with Gasteiger partial charge in [-0.25, -0.2) is 4.79 Å². The summed E-state index contributed by atoms with van der Waals surface area (Å²) in [5, 5.41) is 9.52. The van der Waals surface area contributed by atoms with Gasteiger partial charge in [0.15, 0.2) is 6.10 Å². The van der Waals surface area contributed by atoms with E-state index < -0.39 is 12.1 Å². The molecule has 0 fully saturated rings. The van der Waals surface area contributed by atoms with Crippen LogP contribution in [0.1, 0.15) is 39.0 Å². The SMILES string of the molecule is COc1ccc(C(=O)[C@@H](C)OC(=O)c2c(C)oc(-n3cccc3)c2C#N)cc1. The minimum Gasteiger partial charge on any atom is -0.497 e. The predicted molar refractivity (Wildman–Crippen MR) is 99.7 cm³/mol. The number of benzene rings is 1. The van der Waals surface area contributed by atoms with E-state index in [1.165, 1.54) is 14.0 Å². The quantitative estimate of drug-likeness (QED) is 0.480. The fourth-order valence-electron chi connectivity index (χ4n) is 2.79. The van der Waals surface area contributed by atoms with Gasteiger partial charge in [0.05, 0.1) is 7.11 Å². The Morgan fingerprint density at radius 3 is 2.39 bits per heavy atom. The van der Waals surface area contributed by atoms with E-state index in [0.717, 1.165) is 0 Å². The molecular formula is C21H18N2O5. The number of aryl methyl sites for hydroxylation is 1. The third-order valence-electron chi connectivity index (χ3n) is 4.25. The third-order valence-corrected chi connectivity index (χ3v) is 4.25. The number of Topliss-reactive ketones (excluding diaryl/α,β-unsaturated/α-hetero) is 1. The summed E-state index contributed by atoms with van der Waals surface area (Å²) >= 11 is 0. The lowest BCUT2D eigenvalue weighted by Crippen LogP contribution is -2.25. The number of nitrogens with zero attached hydrogens (tertiary/aromatic N) is 2. The molecule has 2 heterocycles. The molecule has 0 aliphatic heterocycles. The standard InChI is InChI=1S/C21H18N2O5/c1-13-18(17(12-22)20(27-13)23-10-4-5-11-23)21(25)28-14(2)19(24)15-6-8-16(26-3)9-7-15/h4-11,14H,1-3H3/t14-/m1/s1. The summed E-state index contributed by atoms with van der Waals surface area (Å²) in [5.74, 6) is -0.0567. The maximum atomic E-state index is 12.7. The smallest absolute Gasteiger partial charge is 0.343 e. The normalized spacial score (nSPS) is 11.5. The number of carbonyl (C=O) groups is 2. The molecule has 0 N–H and O–H groups in total. The molecule has 0 bridgehead atoms. The summed E-state index contributed by atoms with van der Waals surface area (Å²) in [7, 11) is 1.53. The van der Waals surface area contributed by atoms with E-state index in [-0.39, 0.29) is 28.6 Å². The van der Waals surface area contributed by atoms with E-state index in [2.05, 4.69) is 0 Å². The Kier molecular flexibility index (Phi) is 5.32. The highest BCUT2D eigenvalue weighted by Gasteiger charge is 2.28. The van der Waals surface area contributed by atoms with Gasteiger partial charge in [-0.05, 0) is 50.2 Å². The fraction of sp³-hybridized carbons (Fsp3) is 0.190. The van der Waals surface area contributed by atoms with Gasteiger partial charge < -0.3 is 13.9 Å². The number of esters is 1. The number of aromatic nitrogens is 1. The van der Waals surface area contributed by atoms with Gasteiger partial charge >= 0.3 is 5.97 Å². The van der Waals surface area contributed by atoms with Crippen molar-refractivity contribution in [3.8, 4) is 17.7 Å². The van der Waals surface area contributed by atoms with Gasteiger partial charge in [0.25, 0.3) is 0 Å². The summed E-state index contributed by atoms with van der Waals surface area (Å²) < 4.78 is 17.6. The first-order valence-corrected chi connectivity index (χ1v) is 8.52. The highest BCUT2D eigenvalue weighted by Crippen LogP contribution is 2.26. The van der Waals surface area contributed by atoms with Crippen LogP contribution < -0.4 is 4.74 Å². The molecule has 28 heavy (non-hydrogen) atoms. The summed E-state index contributed by atoms with van der Waals surface area (Å²) in [6.07, 6.45) is 2.37. The van der Waals surface area contributed by atoms with Crippen molar-refractivity contribution < 1.29 is 23.5 Å². The second-order valence-corrected chi connectivity index (χ2v) is 6.06. The molecule has 0 unspecified atom stereocenters. The third kappa shape index (κ3) is 3.53. The van der Waals surface area contributed by atoms with E-state index in [9.17, 15) is 14.9 Å². The van der Waals surface area contributed by atoms with Crippen LogP contribution in [-0.2, 0) is 4.74 Å². The van der Waals surface area contributed by atoms with Crippen LogP contribution in [0.5, 0.6) is 5.75 Å². The van der Waals surface area contributed by atoms with Crippen LogP contribution >= 0.6 is 0 Å². The predicted octanol–water partition coefficient (Wildman–Crippen LogP) is 3.69. The van der Waals surface area contributed by atoms with Crippen molar-refractivity contribution in [2.45, 2.75) is 20.0 Å². The van der Waals surface area contributed by atoms with Crippen LogP contribution in [0.3, 0.4) is 0 Å². The van der Waals surface area contributed by atoms with Crippen LogP contribution in [0, 0.1) is 18.3 Å². The molecule has 7 heteroatoms. The molecule has 0 amide bonds. The van der Waals surface area contributed by atoms with Gasteiger partial charge in [0.1, 0.15) is 28.7 Å². The first kappa shape index (κ1) is 19.0. The van der Waals surface area contributed by atoms with Crippen molar-refractivity contribution in [3.05, 3.63) is 71.2 Å². The molecule has 0 saturated heterocycles.